The standard InChI is InChI=1S/C20H17ClN2O3/c21-14-7-5-13(6-8-14)20(26)22-10-9-18-16(11-22)15-3-1-2-4-17(15)23(18)12-19(24)25/h1-8H,9-12H2,(H,24,25). The van der Waals surface area contributed by atoms with E-state index in [-0.39, 0.29) is 12.5 Å². The summed E-state index contributed by atoms with van der Waals surface area (Å²) in [6, 6.07) is 14.6. The lowest BCUT2D eigenvalue weighted by molar-refractivity contribution is -0.137. The molecule has 1 aromatic heterocycles. The third-order valence-corrected chi connectivity index (χ3v) is 5.09. The molecule has 0 unspecified atom stereocenters. The van der Waals surface area contributed by atoms with Gasteiger partial charge in [-0.05, 0) is 30.3 Å². The summed E-state index contributed by atoms with van der Waals surface area (Å²) in [5.74, 6) is -0.907. The summed E-state index contributed by atoms with van der Waals surface area (Å²) in [6.07, 6.45) is 0.636. The van der Waals surface area contributed by atoms with Crippen LogP contribution in [0.5, 0.6) is 0 Å². The normalized spacial score (nSPS) is 13.7. The summed E-state index contributed by atoms with van der Waals surface area (Å²) >= 11 is 5.90. The van der Waals surface area contributed by atoms with Gasteiger partial charge in [-0.2, -0.15) is 0 Å². The van der Waals surface area contributed by atoms with E-state index < -0.39 is 5.97 Å². The Labute approximate surface area is 155 Å². The molecule has 0 bridgehead atoms. The second-order valence-corrected chi connectivity index (χ2v) is 6.84. The van der Waals surface area contributed by atoms with Crippen LogP contribution in [0.2, 0.25) is 5.02 Å². The molecule has 3 aromatic rings. The fourth-order valence-corrected chi connectivity index (χ4v) is 3.79. The molecule has 1 amide bonds. The van der Waals surface area contributed by atoms with E-state index in [2.05, 4.69) is 0 Å². The molecule has 132 valence electrons. The third-order valence-electron chi connectivity index (χ3n) is 4.83. The van der Waals surface area contributed by atoms with E-state index in [1.807, 2.05) is 33.7 Å². The van der Waals surface area contributed by atoms with Gasteiger partial charge >= 0.3 is 5.97 Å². The van der Waals surface area contributed by atoms with Gasteiger partial charge in [0.2, 0.25) is 0 Å². The van der Waals surface area contributed by atoms with E-state index >= 15 is 0 Å². The molecule has 0 saturated heterocycles. The van der Waals surface area contributed by atoms with E-state index in [0.717, 1.165) is 22.2 Å². The largest absolute Gasteiger partial charge is 0.480 e. The molecule has 4 rings (SSSR count). The summed E-state index contributed by atoms with van der Waals surface area (Å²) in [4.78, 5) is 25.9. The lowest BCUT2D eigenvalue weighted by Crippen LogP contribution is -2.36. The number of para-hydroxylation sites is 1. The number of hydrogen-bond acceptors (Lipinski definition) is 2. The zero-order valence-electron chi connectivity index (χ0n) is 14.0. The molecule has 0 atom stereocenters. The number of aromatic nitrogens is 1. The highest BCUT2D eigenvalue weighted by Gasteiger charge is 2.27. The van der Waals surface area contributed by atoms with Gasteiger partial charge in [0.25, 0.3) is 5.91 Å². The topological polar surface area (TPSA) is 62.5 Å². The molecule has 1 aliphatic rings. The van der Waals surface area contributed by atoms with Gasteiger partial charge in [0.15, 0.2) is 0 Å². The number of carbonyl (C=O) groups excluding carboxylic acids is 1. The van der Waals surface area contributed by atoms with E-state index in [4.69, 9.17) is 11.6 Å². The Kier molecular flexibility index (Phi) is 4.17. The van der Waals surface area contributed by atoms with E-state index in [0.29, 0.717) is 30.1 Å². The molecule has 0 spiro atoms. The average molecular weight is 369 g/mol. The monoisotopic (exact) mass is 368 g/mol. The van der Waals surface area contributed by atoms with Gasteiger partial charge in [-0.15, -0.1) is 0 Å². The molecule has 0 aliphatic carbocycles. The molecule has 2 aromatic carbocycles. The minimum atomic E-state index is -0.867. The van der Waals surface area contributed by atoms with Gasteiger partial charge in [0, 0.05) is 52.3 Å². The highest BCUT2D eigenvalue weighted by Crippen LogP contribution is 2.31. The summed E-state index contributed by atoms with van der Waals surface area (Å²) in [5, 5.41) is 10.9. The number of nitrogens with zero attached hydrogens (tertiary/aromatic N) is 2. The summed E-state index contributed by atoms with van der Waals surface area (Å²) in [5.41, 5.74) is 3.55. The van der Waals surface area contributed by atoms with E-state index in [9.17, 15) is 14.7 Å². The first-order valence-electron chi connectivity index (χ1n) is 8.40. The SMILES string of the molecule is O=C(O)Cn1c2c(c3ccccc31)CN(C(=O)c1ccc(Cl)cc1)CC2. The number of aliphatic carboxylic acids is 1. The Morgan fingerprint density at radius 2 is 1.81 bits per heavy atom. The van der Waals surface area contributed by atoms with Crippen molar-refractivity contribution in [3.8, 4) is 0 Å². The minimum absolute atomic E-state index is 0.0395. The Bertz CT molecular complexity index is 1010. The Morgan fingerprint density at radius 1 is 1.08 bits per heavy atom. The van der Waals surface area contributed by atoms with E-state index in [1.165, 1.54) is 0 Å². The van der Waals surface area contributed by atoms with Crippen LogP contribution in [0.25, 0.3) is 10.9 Å². The molecule has 0 saturated carbocycles. The van der Waals surface area contributed by atoms with Crippen LogP contribution in [-0.4, -0.2) is 33.0 Å². The van der Waals surface area contributed by atoms with Crippen molar-refractivity contribution in [2.45, 2.75) is 19.5 Å². The highest BCUT2D eigenvalue weighted by atomic mass is 35.5. The molecular weight excluding hydrogens is 352 g/mol. The van der Waals surface area contributed by atoms with Crippen molar-refractivity contribution in [1.82, 2.24) is 9.47 Å². The maximum Gasteiger partial charge on any atom is 0.323 e. The van der Waals surface area contributed by atoms with Crippen molar-refractivity contribution >= 4 is 34.4 Å². The second kappa shape index (κ2) is 6.50. The van der Waals surface area contributed by atoms with Crippen LogP contribution >= 0.6 is 11.6 Å². The number of rotatable bonds is 3. The van der Waals surface area contributed by atoms with Crippen molar-refractivity contribution < 1.29 is 14.7 Å². The number of halogens is 1. The molecular formula is C20H17ClN2O3. The molecule has 26 heavy (non-hydrogen) atoms. The zero-order chi connectivity index (χ0) is 18.3. The van der Waals surface area contributed by atoms with Crippen LogP contribution in [0.3, 0.4) is 0 Å². The van der Waals surface area contributed by atoms with Crippen LogP contribution < -0.4 is 0 Å². The first-order valence-corrected chi connectivity index (χ1v) is 8.78. The predicted molar refractivity (Wildman–Crippen MR) is 99.5 cm³/mol. The Morgan fingerprint density at radius 3 is 2.54 bits per heavy atom. The van der Waals surface area contributed by atoms with Crippen LogP contribution in [0, 0.1) is 0 Å². The number of hydrogen-bond donors (Lipinski definition) is 1. The van der Waals surface area contributed by atoms with Crippen LogP contribution in [0.4, 0.5) is 0 Å². The van der Waals surface area contributed by atoms with Gasteiger partial charge in [-0.25, -0.2) is 0 Å². The quantitative estimate of drug-likeness (QED) is 0.768. The summed E-state index contributed by atoms with van der Waals surface area (Å²) in [7, 11) is 0. The number of fused-ring (bicyclic) bond motifs is 3. The lowest BCUT2D eigenvalue weighted by Gasteiger charge is -2.28. The number of carbonyl (C=O) groups is 2. The van der Waals surface area contributed by atoms with Gasteiger partial charge in [0.05, 0.1) is 0 Å². The number of amides is 1. The van der Waals surface area contributed by atoms with Gasteiger partial charge in [-0.3, -0.25) is 9.59 Å². The third kappa shape index (κ3) is 2.84. The van der Waals surface area contributed by atoms with E-state index in [1.54, 1.807) is 24.3 Å². The van der Waals surface area contributed by atoms with Crippen molar-refractivity contribution in [3.05, 3.63) is 70.4 Å². The smallest absolute Gasteiger partial charge is 0.323 e. The Hall–Kier alpha value is -2.79. The maximum absolute atomic E-state index is 12.8. The van der Waals surface area contributed by atoms with Crippen molar-refractivity contribution in [3.63, 3.8) is 0 Å². The number of benzene rings is 2. The van der Waals surface area contributed by atoms with Gasteiger partial charge in [0.1, 0.15) is 6.54 Å². The van der Waals surface area contributed by atoms with Crippen molar-refractivity contribution in [2.24, 2.45) is 0 Å². The van der Waals surface area contributed by atoms with Crippen molar-refractivity contribution in [1.29, 1.82) is 0 Å². The molecule has 1 N–H and O–H groups in total. The van der Waals surface area contributed by atoms with Crippen LogP contribution in [0.1, 0.15) is 21.6 Å². The fourth-order valence-electron chi connectivity index (χ4n) is 3.67. The van der Waals surface area contributed by atoms with Gasteiger partial charge < -0.3 is 14.6 Å². The molecule has 0 radical (unpaired) electrons. The number of carboxylic acid groups (broad SMARTS) is 1. The molecule has 5 nitrogen and oxygen atoms in total. The van der Waals surface area contributed by atoms with Gasteiger partial charge in [-0.1, -0.05) is 29.8 Å². The lowest BCUT2D eigenvalue weighted by atomic mass is 10.0. The average Bonchev–Trinajstić information content (AvgIpc) is 2.95. The molecule has 6 heteroatoms. The Balaban J connectivity index is 1.71. The number of carboxylic acids is 1. The highest BCUT2D eigenvalue weighted by molar-refractivity contribution is 6.30. The van der Waals surface area contributed by atoms with Crippen LogP contribution in [-0.2, 0) is 24.3 Å². The summed E-state index contributed by atoms with van der Waals surface area (Å²) in [6.45, 7) is 0.968. The fraction of sp³-hybridized carbons (Fsp3) is 0.200. The van der Waals surface area contributed by atoms with Crippen LogP contribution in [0.15, 0.2) is 48.5 Å². The first-order chi connectivity index (χ1) is 12.5. The zero-order valence-corrected chi connectivity index (χ0v) is 14.7. The maximum atomic E-state index is 12.8. The second-order valence-electron chi connectivity index (χ2n) is 6.41. The molecule has 0 fully saturated rings. The first kappa shape index (κ1) is 16.7. The predicted octanol–water partition coefficient (Wildman–Crippen LogP) is 3.58. The molecule has 1 aliphatic heterocycles. The summed E-state index contributed by atoms with van der Waals surface area (Å²) < 4.78 is 1.86. The molecule has 2 heterocycles. The van der Waals surface area contributed by atoms with Crippen molar-refractivity contribution in [2.75, 3.05) is 6.54 Å². The minimum Gasteiger partial charge on any atom is -0.480 e.